The first-order chi connectivity index (χ1) is 10.4. The normalized spacial score (nSPS) is 18.6. The minimum atomic E-state index is 0.235. The van der Waals surface area contributed by atoms with E-state index in [0.717, 1.165) is 24.3 Å². The van der Waals surface area contributed by atoms with Gasteiger partial charge in [0.2, 0.25) is 0 Å². The Kier molecular flexibility index (Phi) is 4.84. The summed E-state index contributed by atoms with van der Waals surface area (Å²) >= 11 is 1.90. The molecule has 0 fully saturated rings. The van der Waals surface area contributed by atoms with E-state index < -0.39 is 0 Å². The lowest BCUT2D eigenvalue weighted by Gasteiger charge is -2.31. The molecule has 1 aliphatic heterocycles. The SMILES string of the molecule is CNC(CCc1ccccc1)C1CSc2ccccc2O1. The zero-order chi connectivity index (χ0) is 14.5. The molecule has 0 saturated carbocycles. The smallest absolute Gasteiger partial charge is 0.133 e. The van der Waals surface area contributed by atoms with Gasteiger partial charge in [-0.2, -0.15) is 0 Å². The lowest BCUT2D eigenvalue weighted by molar-refractivity contribution is 0.165. The van der Waals surface area contributed by atoms with E-state index in [9.17, 15) is 0 Å². The molecular formula is C18H21NOS. The second-order valence-corrected chi connectivity index (χ2v) is 6.40. The van der Waals surface area contributed by atoms with Crippen LogP contribution in [-0.2, 0) is 6.42 Å². The van der Waals surface area contributed by atoms with Gasteiger partial charge in [-0.25, -0.2) is 0 Å². The van der Waals surface area contributed by atoms with Crippen molar-refractivity contribution in [1.82, 2.24) is 5.32 Å². The fraction of sp³-hybridized carbons (Fsp3) is 0.333. The van der Waals surface area contributed by atoms with Gasteiger partial charge in [-0.15, -0.1) is 11.8 Å². The van der Waals surface area contributed by atoms with E-state index in [2.05, 4.69) is 53.8 Å². The van der Waals surface area contributed by atoms with Crippen molar-refractivity contribution >= 4 is 11.8 Å². The van der Waals surface area contributed by atoms with Crippen molar-refractivity contribution in [2.75, 3.05) is 12.8 Å². The van der Waals surface area contributed by atoms with Gasteiger partial charge in [0.25, 0.3) is 0 Å². The van der Waals surface area contributed by atoms with Crippen LogP contribution in [0, 0.1) is 0 Å². The summed E-state index contributed by atoms with van der Waals surface area (Å²) < 4.78 is 6.19. The number of fused-ring (bicyclic) bond motifs is 1. The van der Waals surface area contributed by atoms with Crippen LogP contribution in [0.25, 0.3) is 0 Å². The molecule has 1 aliphatic rings. The molecule has 2 aromatic rings. The molecule has 0 bridgehead atoms. The third kappa shape index (κ3) is 3.60. The standard InChI is InChI=1S/C18H21NOS/c1-19-15(12-11-14-7-3-2-4-8-14)17-13-21-18-10-6-5-9-16(18)20-17/h2-10,15,17,19H,11-13H2,1H3. The van der Waals surface area contributed by atoms with E-state index in [1.165, 1.54) is 10.5 Å². The Morgan fingerprint density at radius 3 is 2.71 bits per heavy atom. The van der Waals surface area contributed by atoms with Gasteiger partial charge in [-0.3, -0.25) is 0 Å². The Morgan fingerprint density at radius 2 is 1.90 bits per heavy atom. The highest BCUT2D eigenvalue weighted by Crippen LogP contribution is 2.36. The molecule has 0 spiro atoms. The van der Waals surface area contributed by atoms with Crippen molar-refractivity contribution in [2.45, 2.75) is 29.9 Å². The van der Waals surface area contributed by atoms with Gasteiger partial charge >= 0.3 is 0 Å². The maximum atomic E-state index is 6.19. The van der Waals surface area contributed by atoms with E-state index in [4.69, 9.17) is 4.74 Å². The number of hydrogen-bond acceptors (Lipinski definition) is 3. The van der Waals surface area contributed by atoms with Crippen molar-refractivity contribution in [1.29, 1.82) is 0 Å². The molecule has 0 radical (unpaired) electrons. The van der Waals surface area contributed by atoms with Crippen molar-refractivity contribution in [3.8, 4) is 5.75 Å². The summed E-state index contributed by atoms with van der Waals surface area (Å²) in [5, 5.41) is 3.43. The third-order valence-electron chi connectivity index (χ3n) is 3.94. The van der Waals surface area contributed by atoms with E-state index in [-0.39, 0.29) is 6.10 Å². The lowest BCUT2D eigenvalue weighted by atomic mass is 10.0. The minimum absolute atomic E-state index is 0.235. The predicted molar refractivity (Wildman–Crippen MR) is 89.2 cm³/mol. The first-order valence-electron chi connectivity index (χ1n) is 7.46. The molecule has 110 valence electrons. The van der Waals surface area contributed by atoms with Gasteiger partial charge in [0, 0.05) is 16.7 Å². The number of likely N-dealkylation sites (N-methyl/N-ethyl adjacent to an activating group) is 1. The Morgan fingerprint density at radius 1 is 1.14 bits per heavy atom. The van der Waals surface area contributed by atoms with Gasteiger partial charge < -0.3 is 10.1 Å². The van der Waals surface area contributed by atoms with Crippen molar-refractivity contribution in [3.05, 3.63) is 60.2 Å². The van der Waals surface area contributed by atoms with Gasteiger partial charge in [-0.1, -0.05) is 42.5 Å². The highest BCUT2D eigenvalue weighted by molar-refractivity contribution is 7.99. The van der Waals surface area contributed by atoms with Crippen LogP contribution in [-0.4, -0.2) is 24.9 Å². The fourth-order valence-corrected chi connectivity index (χ4v) is 3.79. The molecule has 2 aromatic carbocycles. The molecule has 3 rings (SSSR count). The third-order valence-corrected chi connectivity index (χ3v) is 5.08. The van der Waals surface area contributed by atoms with E-state index in [0.29, 0.717) is 6.04 Å². The number of hydrogen-bond donors (Lipinski definition) is 1. The molecular weight excluding hydrogens is 278 g/mol. The molecule has 0 aromatic heterocycles. The van der Waals surface area contributed by atoms with Crippen LogP contribution in [0.3, 0.4) is 0 Å². The predicted octanol–water partition coefficient (Wildman–Crippen LogP) is 3.76. The highest BCUT2D eigenvalue weighted by atomic mass is 32.2. The number of rotatable bonds is 5. The van der Waals surface area contributed by atoms with Crippen molar-refractivity contribution < 1.29 is 4.74 Å². The number of nitrogens with one attached hydrogen (secondary N) is 1. The second-order valence-electron chi connectivity index (χ2n) is 5.33. The average Bonchev–Trinajstić information content (AvgIpc) is 2.56. The first kappa shape index (κ1) is 14.5. The summed E-state index contributed by atoms with van der Waals surface area (Å²) in [4.78, 5) is 1.26. The van der Waals surface area contributed by atoms with Crippen LogP contribution < -0.4 is 10.1 Å². The van der Waals surface area contributed by atoms with Crippen LogP contribution in [0.15, 0.2) is 59.5 Å². The number of thioether (sulfide) groups is 1. The Labute approximate surface area is 130 Å². The maximum absolute atomic E-state index is 6.19. The monoisotopic (exact) mass is 299 g/mol. The number of para-hydroxylation sites is 1. The average molecular weight is 299 g/mol. The summed E-state index contributed by atoms with van der Waals surface area (Å²) in [5.41, 5.74) is 1.39. The summed E-state index contributed by atoms with van der Waals surface area (Å²) in [6.45, 7) is 0. The maximum Gasteiger partial charge on any atom is 0.133 e. The molecule has 1 N–H and O–H groups in total. The van der Waals surface area contributed by atoms with Crippen LogP contribution in [0.1, 0.15) is 12.0 Å². The molecule has 2 nitrogen and oxygen atoms in total. The molecule has 0 saturated heterocycles. The topological polar surface area (TPSA) is 21.3 Å². The van der Waals surface area contributed by atoms with Crippen LogP contribution >= 0.6 is 11.8 Å². The quantitative estimate of drug-likeness (QED) is 0.908. The Hall–Kier alpha value is -1.45. The number of aryl methyl sites for hydroxylation is 1. The van der Waals surface area contributed by atoms with Crippen molar-refractivity contribution in [3.63, 3.8) is 0 Å². The largest absolute Gasteiger partial charge is 0.487 e. The molecule has 3 heteroatoms. The molecule has 0 amide bonds. The molecule has 2 atom stereocenters. The summed E-state index contributed by atoms with van der Waals surface area (Å²) in [6.07, 6.45) is 2.41. The fourth-order valence-electron chi connectivity index (χ4n) is 2.72. The first-order valence-corrected chi connectivity index (χ1v) is 8.45. The molecule has 1 heterocycles. The van der Waals surface area contributed by atoms with Gasteiger partial charge in [-0.05, 0) is 37.6 Å². The highest BCUT2D eigenvalue weighted by Gasteiger charge is 2.26. The van der Waals surface area contributed by atoms with E-state index in [1.807, 2.05) is 24.9 Å². The molecule has 0 aliphatic carbocycles. The Bertz CT molecular complexity index is 572. The number of benzene rings is 2. The van der Waals surface area contributed by atoms with Gasteiger partial charge in [0.1, 0.15) is 11.9 Å². The zero-order valence-electron chi connectivity index (χ0n) is 12.3. The minimum Gasteiger partial charge on any atom is -0.487 e. The molecule has 2 unspecified atom stereocenters. The summed E-state index contributed by atoms with van der Waals surface area (Å²) in [7, 11) is 2.03. The van der Waals surface area contributed by atoms with Crippen molar-refractivity contribution in [2.24, 2.45) is 0 Å². The summed E-state index contributed by atoms with van der Waals surface area (Å²) in [5.74, 6) is 2.04. The van der Waals surface area contributed by atoms with E-state index >= 15 is 0 Å². The second kappa shape index (κ2) is 7.01. The van der Waals surface area contributed by atoms with Gasteiger partial charge in [0.05, 0.1) is 0 Å². The molecule has 21 heavy (non-hydrogen) atoms. The van der Waals surface area contributed by atoms with Crippen LogP contribution in [0.2, 0.25) is 0 Å². The number of ether oxygens (including phenoxy) is 1. The van der Waals surface area contributed by atoms with E-state index in [1.54, 1.807) is 0 Å². The van der Waals surface area contributed by atoms with Gasteiger partial charge in [0.15, 0.2) is 0 Å². The van der Waals surface area contributed by atoms with Crippen LogP contribution in [0.5, 0.6) is 5.75 Å². The van der Waals surface area contributed by atoms with Crippen LogP contribution in [0.4, 0.5) is 0 Å². The Balaban J connectivity index is 1.62. The zero-order valence-corrected chi connectivity index (χ0v) is 13.1. The lowest BCUT2D eigenvalue weighted by Crippen LogP contribution is -2.44. The summed E-state index contributed by atoms with van der Waals surface area (Å²) in [6, 6.07) is 19.4.